The summed E-state index contributed by atoms with van der Waals surface area (Å²) in [5, 5.41) is 9.54. The minimum atomic E-state index is -3.82. The molecule has 0 saturated carbocycles. The van der Waals surface area contributed by atoms with Gasteiger partial charge in [-0.25, -0.2) is 18.5 Å². The predicted molar refractivity (Wildman–Crippen MR) is 113 cm³/mol. The number of rotatable bonds is 5. The zero-order chi connectivity index (χ0) is 21.3. The number of nitrogens with one attached hydrogen (secondary N) is 1. The van der Waals surface area contributed by atoms with Crippen molar-refractivity contribution in [1.29, 1.82) is 0 Å². The first-order chi connectivity index (χ1) is 14.3. The van der Waals surface area contributed by atoms with Crippen LogP contribution in [-0.4, -0.2) is 28.9 Å². The van der Waals surface area contributed by atoms with Gasteiger partial charge in [0.25, 0.3) is 11.5 Å². The zero-order valence-corrected chi connectivity index (χ0v) is 17.0. The van der Waals surface area contributed by atoms with Crippen molar-refractivity contribution in [3.8, 4) is 0 Å². The monoisotopic (exact) mass is 441 g/mol. The van der Waals surface area contributed by atoms with Gasteiger partial charge in [0, 0.05) is 23.5 Å². The van der Waals surface area contributed by atoms with E-state index >= 15 is 0 Å². The fourth-order valence-electron chi connectivity index (χ4n) is 2.86. The minimum absolute atomic E-state index is 0.0651. The van der Waals surface area contributed by atoms with Crippen LogP contribution in [0.2, 0.25) is 0 Å². The standard InChI is InChI=1S/C19H15N5O4S2/c20-30(27,28)14-3-1-13(2-4-14)23-17(25)15-10-29-18-16(15)19(26)24(11-22-18)9-12-5-7-21-8-6-12/h1-8,10-11H,9H2,(H,23,25)(H2,20,27,28). The number of nitrogens with zero attached hydrogens (tertiary/aromatic N) is 3. The number of aromatic nitrogens is 3. The summed E-state index contributed by atoms with van der Waals surface area (Å²) < 4.78 is 24.1. The Bertz CT molecular complexity index is 1390. The predicted octanol–water partition coefficient (Wildman–Crippen LogP) is 1.80. The van der Waals surface area contributed by atoms with Crippen molar-refractivity contribution in [2.45, 2.75) is 11.4 Å². The highest BCUT2D eigenvalue weighted by atomic mass is 32.2. The number of amides is 1. The molecule has 1 aromatic carbocycles. The largest absolute Gasteiger partial charge is 0.322 e. The average Bonchev–Trinajstić information content (AvgIpc) is 3.16. The van der Waals surface area contributed by atoms with E-state index in [1.165, 1.54) is 46.5 Å². The van der Waals surface area contributed by atoms with E-state index in [4.69, 9.17) is 5.14 Å². The first kappa shape index (κ1) is 19.9. The highest BCUT2D eigenvalue weighted by molar-refractivity contribution is 7.89. The van der Waals surface area contributed by atoms with Crippen LogP contribution in [0.5, 0.6) is 0 Å². The van der Waals surface area contributed by atoms with E-state index in [0.29, 0.717) is 17.1 Å². The minimum Gasteiger partial charge on any atom is -0.322 e. The number of thiophene rings is 1. The van der Waals surface area contributed by atoms with E-state index in [0.717, 1.165) is 5.56 Å². The van der Waals surface area contributed by atoms with Crippen LogP contribution >= 0.6 is 11.3 Å². The van der Waals surface area contributed by atoms with E-state index in [1.54, 1.807) is 29.9 Å². The molecule has 0 saturated heterocycles. The SMILES string of the molecule is NS(=O)(=O)c1ccc(NC(=O)c2csc3ncn(Cc4ccncc4)c(=O)c23)cc1. The van der Waals surface area contributed by atoms with Crippen LogP contribution in [0.3, 0.4) is 0 Å². The van der Waals surface area contributed by atoms with Crippen molar-refractivity contribution < 1.29 is 13.2 Å². The van der Waals surface area contributed by atoms with E-state index in [2.05, 4.69) is 15.3 Å². The van der Waals surface area contributed by atoms with E-state index in [1.807, 2.05) is 0 Å². The molecule has 3 heterocycles. The molecule has 0 aliphatic heterocycles. The Morgan fingerprint density at radius 3 is 2.50 bits per heavy atom. The molecule has 30 heavy (non-hydrogen) atoms. The van der Waals surface area contributed by atoms with Gasteiger partial charge in [0.1, 0.15) is 4.83 Å². The number of primary sulfonamides is 1. The van der Waals surface area contributed by atoms with Crippen molar-refractivity contribution in [3.63, 3.8) is 0 Å². The number of carbonyl (C=O) groups is 1. The van der Waals surface area contributed by atoms with E-state index in [-0.39, 0.29) is 21.4 Å². The number of sulfonamides is 1. The lowest BCUT2D eigenvalue weighted by Gasteiger charge is -2.07. The molecule has 4 rings (SSSR count). The number of benzene rings is 1. The Hall–Kier alpha value is -3.41. The molecule has 1 amide bonds. The second-order valence-corrected chi connectivity index (χ2v) is 8.81. The van der Waals surface area contributed by atoms with Gasteiger partial charge in [0.15, 0.2) is 0 Å². The normalized spacial score (nSPS) is 11.5. The molecule has 0 aliphatic rings. The second-order valence-electron chi connectivity index (χ2n) is 6.39. The molecule has 0 atom stereocenters. The molecule has 3 N–H and O–H groups in total. The quantitative estimate of drug-likeness (QED) is 0.484. The van der Waals surface area contributed by atoms with Gasteiger partial charge in [0.2, 0.25) is 10.0 Å². The first-order valence-electron chi connectivity index (χ1n) is 8.63. The Labute approximate surface area is 174 Å². The fraction of sp³-hybridized carbons (Fsp3) is 0.0526. The average molecular weight is 441 g/mol. The number of pyridine rings is 1. The van der Waals surface area contributed by atoms with Gasteiger partial charge in [0.05, 0.1) is 28.7 Å². The van der Waals surface area contributed by atoms with Crippen LogP contribution in [-0.2, 0) is 16.6 Å². The molecule has 152 valence electrons. The lowest BCUT2D eigenvalue weighted by atomic mass is 10.2. The third kappa shape index (κ3) is 3.99. The van der Waals surface area contributed by atoms with Crippen molar-refractivity contribution in [2.24, 2.45) is 5.14 Å². The summed E-state index contributed by atoms with van der Waals surface area (Å²) in [7, 11) is -3.82. The molecule has 0 bridgehead atoms. The number of anilines is 1. The molecule has 4 aromatic rings. The number of hydrogen-bond acceptors (Lipinski definition) is 7. The van der Waals surface area contributed by atoms with Gasteiger partial charge in [-0.2, -0.15) is 0 Å². The van der Waals surface area contributed by atoms with E-state index < -0.39 is 15.9 Å². The summed E-state index contributed by atoms with van der Waals surface area (Å²) in [6, 6.07) is 9.02. The van der Waals surface area contributed by atoms with Crippen molar-refractivity contribution in [3.05, 3.63) is 82.0 Å². The Balaban J connectivity index is 1.64. The number of hydrogen-bond donors (Lipinski definition) is 2. The van der Waals surface area contributed by atoms with Crippen molar-refractivity contribution in [1.82, 2.24) is 14.5 Å². The summed E-state index contributed by atoms with van der Waals surface area (Å²) in [6.07, 6.45) is 4.73. The first-order valence-corrected chi connectivity index (χ1v) is 11.1. The number of fused-ring (bicyclic) bond motifs is 1. The van der Waals surface area contributed by atoms with Crippen LogP contribution in [0.25, 0.3) is 10.2 Å². The van der Waals surface area contributed by atoms with Gasteiger partial charge < -0.3 is 5.32 Å². The maximum Gasteiger partial charge on any atom is 0.263 e. The van der Waals surface area contributed by atoms with E-state index in [9.17, 15) is 18.0 Å². The number of carbonyl (C=O) groups excluding carboxylic acids is 1. The lowest BCUT2D eigenvalue weighted by molar-refractivity contribution is 0.102. The van der Waals surface area contributed by atoms with Gasteiger partial charge in [-0.05, 0) is 42.0 Å². The van der Waals surface area contributed by atoms with Crippen LogP contribution in [0.1, 0.15) is 15.9 Å². The lowest BCUT2D eigenvalue weighted by Crippen LogP contribution is -2.23. The van der Waals surface area contributed by atoms with Crippen molar-refractivity contribution >= 4 is 43.2 Å². The highest BCUT2D eigenvalue weighted by Crippen LogP contribution is 2.22. The third-order valence-electron chi connectivity index (χ3n) is 4.35. The summed E-state index contributed by atoms with van der Waals surface area (Å²) in [5.74, 6) is -0.495. The van der Waals surface area contributed by atoms with Gasteiger partial charge in [-0.15, -0.1) is 11.3 Å². The molecule has 0 fully saturated rings. The highest BCUT2D eigenvalue weighted by Gasteiger charge is 2.18. The fourth-order valence-corrected chi connectivity index (χ4v) is 4.25. The molecule has 0 aliphatic carbocycles. The molecule has 0 radical (unpaired) electrons. The second kappa shape index (κ2) is 7.78. The molecule has 3 aromatic heterocycles. The number of nitrogens with two attached hydrogens (primary N) is 1. The van der Waals surface area contributed by atoms with Crippen LogP contribution in [0.4, 0.5) is 5.69 Å². The zero-order valence-electron chi connectivity index (χ0n) is 15.3. The molecule has 0 unspecified atom stereocenters. The van der Waals surface area contributed by atoms with Gasteiger partial charge in [-0.1, -0.05) is 0 Å². The summed E-state index contributed by atoms with van der Waals surface area (Å²) in [6.45, 7) is 0.302. The van der Waals surface area contributed by atoms with Crippen molar-refractivity contribution in [2.75, 3.05) is 5.32 Å². The Morgan fingerprint density at radius 1 is 1.13 bits per heavy atom. The Morgan fingerprint density at radius 2 is 1.83 bits per heavy atom. The third-order valence-corrected chi connectivity index (χ3v) is 6.16. The van der Waals surface area contributed by atoms with Crippen LogP contribution in [0.15, 0.2) is 70.2 Å². The maximum absolute atomic E-state index is 13.0. The topological polar surface area (TPSA) is 137 Å². The van der Waals surface area contributed by atoms with Gasteiger partial charge in [-0.3, -0.25) is 19.1 Å². The van der Waals surface area contributed by atoms with Crippen LogP contribution in [0, 0.1) is 0 Å². The smallest absolute Gasteiger partial charge is 0.263 e. The Kier molecular flexibility index (Phi) is 5.16. The molecular formula is C19H15N5O4S2. The maximum atomic E-state index is 13.0. The molecular weight excluding hydrogens is 426 g/mol. The summed E-state index contributed by atoms with van der Waals surface area (Å²) in [5.41, 5.74) is 1.12. The summed E-state index contributed by atoms with van der Waals surface area (Å²) in [4.78, 5) is 34.4. The molecule has 9 nitrogen and oxygen atoms in total. The molecule has 0 spiro atoms. The van der Waals surface area contributed by atoms with Gasteiger partial charge >= 0.3 is 0 Å². The summed E-state index contributed by atoms with van der Waals surface area (Å²) >= 11 is 1.20. The van der Waals surface area contributed by atoms with Crippen LogP contribution < -0.4 is 16.0 Å². The molecule has 11 heteroatoms.